The number of quaternary nitrogens is 2. The van der Waals surface area contributed by atoms with Crippen LogP contribution in [0.25, 0.3) is 0 Å². The van der Waals surface area contributed by atoms with Gasteiger partial charge in [-0.1, -0.05) is 27.7 Å². The predicted molar refractivity (Wildman–Crippen MR) is 127 cm³/mol. The average molecular weight is 566 g/mol. The SMILES string of the molecule is CCC1CC(C)C[N+](C)(C)C1.CCC1C[N+](C)(C)CC1CC.II. The maximum atomic E-state index is 2.39. The molecule has 2 aliphatic rings. The van der Waals surface area contributed by atoms with Gasteiger partial charge < -0.3 is 8.97 Å². The van der Waals surface area contributed by atoms with Crippen molar-refractivity contribution >= 4 is 37.2 Å². The molecule has 2 fully saturated rings. The van der Waals surface area contributed by atoms with Crippen LogP contribution in [0.5, 0.6) is 0 Å². The van der Waals surface area contributed by atoms with Gasteiger partial charge in [0.2, 0.25) is 0 Å². The van der Waals surface area contributed by atoms with Gasteiger partial charge in [0, 0.05) is 60.9 Å². The van der Waals surface area contributed by atoms with Gasteiger partial charge in [-0.3, -0.25) is 0 Å². The van der Waals surface area contributed by atoms with Crippen LogP contribution in [0.2, 0.25) is 0 Å². The Morgan fingerprint density at radius 1 is 0.708 bits per heavy atom. The summed E-state index contributed by atoms with van der Waals surface area (Å²) in [5.41, 5.74) is 0. The molecule has 0 aromatic rings. The highest BCUT2D eigenvalue weighted by Crippen LogP contribution is 2.31. The summed E-state index contributed by atoms with van der Waals surface area (Å²) >= 11 is 4.24. The number of piperidine rings is 1. The maximum Gasteiger partial charge on any atom is 0.0815 e. The minimum atomic E-state index is 0.934. The van der Waals surface area contributed by atoms with Gasteiger partial charge in [0.25, 0.3) is 0 Å². The molecule has 0 bridgehead atoms. The van der Waals surface area contributed by atoms with E-state index in [4.69, 9.17) is 0 Å². The second-order valence-electron chi connectivity index (χ2n) is 9.55. The number of nitrogens with zero attached hydrogens (tertiary/aromatic N) is 2. The van der Waals surface area contributed by atoms with E-state index in [1.54, 1.807) is 0 Å². The topological polar surface area (TPSA) is 0 Å². The Hall–Kier alpha value is 1.38. The van der Waals surface area contributed by atoms with Crippen molar-refractivity contribution in [2.24, 2.45) is 23.7 Å². The standard InChI is InChI=1S/2C10H22N.I2/c1-5-10-6-9(2)7-11(3,4)8-10;1-5-9-7-11(3,4)8-10(9)6-2;1-2/h2*9-10H,5-8H2,1-4H3;/q2*+1;. The lowest BCUT2D eigenvalue weighted by Gasteiger charge is -2.40. The number of hydrogen-bond acceptors (Lipinski definition) is 0. The summed E-state index contributed by atoms with van der Waals surface area (Å²) < 4.78 is 2.48. The molecule has 0 aromatic carbocycles. The van der Waals surface area contributed by atoms with E-state index in [1.165, 1.54) is 60.8 Å². The molecule has 146 valence electrons. The Balaban J connectivity index is 0.000000400. The molecule has 2 rings (SSSR count). The van der Waals surface area contributed by atoms with E-state index in [1.807, 2.05) is 0 Å². The van der Waals surface area contributed by atoms with Crippen LogP contribution in [-0.2, 0) is 0 Å². The quantitative estimate of drug-likeness (QED) is 0.289. The molecule has 2 nitrogen and oxygen atoms in total. The first kappa shape index (κ1) is 25.4. The predicted octanol–water partition coefficient (Wildman–Crippen LogP) is 6.03. The Kier molecular flexibility index (Phi) is 12.6. The molecule has 2 aliphatic heterocycles. The zero-order valence-electron chi connectivity index (χ0n) is 17.6. The number of hydrogen-bond donors (Lipinski definition) is 0. The molecule has 0 amide bonds. The summed E-state index contributed by atoms with van der Waals surface area (Å²) in [4.78, 5) is 0. The van der Waals surface area contributed by atoms with Crippen LogP contribution < -0.4 is 0 Å². The van der Waals surface area contributed by atoms with E-state index in [9.17, 15) is 0 Å². The van der Waals surface area contributed by atoms with Crippen molar-refractivity contribution in [3.63, 3.8) is 0 Å². The fraction of sp³-hybridized carbons (Fsp3) is 1.00. The highest BCUT2D eigenvalue weighted by molar-refractivity contribution is 15.0. The molecule has 0 aromatic heterocycles. The Labute approximate surface area is 176 Å². The molecule has 0 spiro atoms. The summed E-state index contributed by atoms with van der Waals surface area (Å²) in [7, 11) is 9.44. The monoisotopic (exact) mass is 566 g/mol. The van der Waals surface area contributed by atoms with Crippen LogP contribution in [0.15, 0.2) is 0 Å². The molecule has 24 heavy (non-hydrogen) atoms. The largest absolute Gasteiger partial charge is 0.328 e. The molecule has 4 unspecified atom stereocenters. The van der Waals surface area contributed by atoms with Gasteiger partial charge in [0.1, 0.15) is 0 Å². The number of halogens is 2. The van der Waals surface area contributed by atoms with Gasteiger partial charge in [-0.05, 0) is 25.7 Å². The van der Waals surface area contributed by atoms with Gasteiger partial charge >= 0.3 is 0 Å². The summed E-state index contributed by atoms with van der Waals surface area (Å²) in [6, 6.07) is 0. The third-order valence-electron chi connectivity index (χ3n) is 6.04. The molecule has 0 aliphatic carbocycles. The van der Waals surface area contributed by atoms with Crippen molar-refractivity contribution in [1.82, 2.24) is 0 Å². The van der Waals surface area contributed by atoms with Gasteiger partial charge in [-0.25, -0.2) is 0 Å². The van der Waals surface area contributed by atoms with E-state index in [2.05, 4.69) is 93.1 Å². The van der Waals surface area contributed by atoms with Gasteiger partial charge in [0.15, 0.2) is 0 Å². The van der Waals surface area contributed by atoms with Crippen LogP contribution in [0.1, 0.15) is 53.4 Å². The fourth-order valence-corrected chi connectivity index (χ4v) is 5.20. The van der Waals surface area contributed by atoms with Crippen LogP contribution in [-0.4, -0.2) is 63.3 Å². The van der Waals surface area contributed by atoms with E-state index in [0.717, 1.165) is 23.7 Å². The highest BCUT2D eigenvalue weighted by Gasteiger charge is 2.37. The molecule has 0 radical (unpaired) electrons. The molecule has 0 saturated carbocycles. The number of likely N-dealkylation sites (tertiary alicyclic amines) is 2. The minimum Gasteiger partial charge on any atom is -0.328 e. The van der Waals surface area contributed by atoms with Crippen molar-refractivity contribution in [2.45, 2.75) is 53.4 Å². The normalized spacial score (nSPS) is 33.8. The van der Waals surface area contributed by atoms with Gasteiger partial charge in [0.05, 0.1) is 54.4 Å². The first-order valence-electron chi connectivity index (χ1n) is 9.90. The van der Waals surface area contributed by atoms with Crippen LogP contribution in [0.4, 0.5) is 0 Å². The van der Waals surface area contributed by atoms with Crippen LogP contribution in [0.3, 0.4) is 0 Å². The van der Waals surface area contributed by atoms with E-state index in [0.29, 0.717) is 0 Å². The second kappa shape index (κ2) is 12.0. The third-order valence-corrected chi connectivity index (χ3v) is 6.04. The fourth-order valence-electron chi connectivity index (χ4n) is 5.20. The van der Waals surface area contributed by atoms with E-state index < -0.39 is 0 Å². The van der Waals surface area contributed by atoms with Crippen molar-refractivity contribution < 1.29 is 8.97 Å². The maximum absolute atomic E-state index is 2.39. The van der Waals surface area contributed by atoms with Gasteiger partial charge in [-0.15, -0.1) is 0 Å². The lowest BCUT2D eigenvalue weighted by Crippen LogP contribution is -2.50. The van der Waals surface area contributed by atoms with E-state index in [-0.39, 0.29) is 0 Å². The molecular formula is C20H44I2N2+2. The summed E-state index contributed by atoms with van der Waals surface area (Å²) in [6.45, 7) is 14.9. The van der Waals surface area contributed by atoms with Crippen LogP contribution >= 0.6 is 37.2 Å². The second-order valence-corrected chi connectivity index (χ2v) is 9.55. The molecule has 4 atom stereocenters. The van der Waals surface area contributed by atoms with Gasteiger partial charge in [-0.2, -0.15) is 0 Å². The molecule has 4 heteroatoms. The van der Waals surface area contributed by atoms with E-state index >= 15 is 0 Å². The number of rotatable bonds is 3. The zero-order valence-corrected chi connectivity index (χ0v) is 21.9. The minimum absolute atomic E-state index is 0.934. The van der Waals surface area contributed by atoms with Crippen LogP contribution in [0, 0.1) is 23.7 Å². The Morgan fingerprint density at radius 3 is 1.46 bits per heavy atom. The lowest BCUT2D eigenvalue weighted by atomic mass is 9.88. The zero-order chi connectivity index (χ0) is 19.0. The van der Waals surface area contributed by atoms with Crippen molar-refractivity contribution in [1.29, 1.82) is 0 Å². The Bertz CT molecular complexity index is 318. The van der Waals surface area contributed by atoms with Crippen molar-refractivity contribution in [3.05, 3.63) is 0 Å². The van der Waals surface area contributed by atoms with Crippen molar-refractivity contribution in [2.75, 3.05) is 54.4 Å². The average Bonchev–Trinajstić information content (AvgIpc) is 2.82. The molecule has 2 heterocycles. The molecule has 2 saturated heterocycles. The first-order chi connectivity index (χ1) is 11.1. The lowest BCUT2D eigenvalue weighted by molar-refractivity contribution is -0.902. The first-order valence-corrected chi connectivity index (χ1v) is 16.2. The Morgan fingerprint density at radius 2 is 1.12 bits per heavy atom. The smallest absolute Gasteiger partial charge is 0.0815 e. The van der Waals surface area contributed by atoms with Crippen molar-refractivity contribution in [3.8, 4) is 0 Å². The third kappa shape index (κ3) is 9.36. The highest BCUT2D eigenvalue weighted by atomic mass is 128. The summed E-state index contributed by atoms with van der Waals surface area (Å²) in [5, 5.41) is 0. The summed E-state index contributed by atoms with van der Waals surface area (Å²) in [5.74, 6) is 3.91. The molecule has 0 N–H and O–H groups in total. The molecular weight excluding hydrogens is 522 g/mol. The summed E-state index contributed by atoms with van der Waals surface area (Å²) in [6.07, 6.45) is 5.57.